The molecule has 40 heavy (non-hydrogen) atoms. The number of aromatic amines is 2. The zero-order chi connectivity index (χ0) is 27.1. The molecule has 192 valence electrons. The van der Waals surface area contributed by atoms with Gasteiger partial charge in [-0.25, -0.2) is 29.9 Å². The van der Waals surface area contributed by atoms with E-state index in [1.165, 1.54) is 0 Å². The van der Waals surface area contributed by atoms with Crippen LogP contribution >= 0.6 is 0 Å². The summed E-state index contributed by atoms with van der Waals surface area (Å²) in [6.07, 6.45) is 10.2. The van der Waals surface area contributed by atoms with E-state index in [2.05, 4.69) is 39.9 Å². The quantitative estimate of drug-likeness (QED) is 0.275. The van der Waals surface area contributed by atoms with Gasteiger partial charge >= 0.3 is 0 Å². The first kappa shape index (κ1) is 22.5. The van der Waals surface area contributed by atoms with Crippen molar-refractivity contribution in [1.29, 1.82) is 0 Å². The summed E-state index contributed by atoms with van der Waals surface area (Å²) in [6.45, 7) is 0. The lowest BCUT2D eigenvalue weighted by Gasteiger charge is -2.29. The van der Waals surface area contributed by atoms with Crippen molar-refractivity contribution in [3.8, 4) is 0 Å². The Labute approximate surface area is 223 Å². The van der Waals surface area contributed by atoms with Crippen molar-refractivity contribution in [2.24, 2.45) is 11.8 Å². The number of fused-ring (bicyclic) bond motifs is 9. The highest BCUT2D eigenvalue weighted by molar-refractivity contribution is 6.47. The summed E-state index contributed by atoms with van der Waals surface area (Å²) < 4.78 is 0. The zero-order valence-corrected chi connectivity index (χ0v) is 20.5. The van der Waals surface area contributed by atoms with E-state index >= 15 is 0 Å². The summed E-state index contributed by atoms with van der Waals surface area (Å²) in [5, 5.41) is 0. The van der Waals surface area contributed by atoms with Crippen molar-refractivity contribution in [2.45, 2.75) is 12.3 Å². The van der Waals surface area contributed by atoms with Crippen molar-refractivity contribution >= 4 is 69.0 Å². The average Bonchev–Trinajstić information content (AvgIpc) is 3.73. The number of carbonyl (C=O) groups is 4. The number of carbonyl (C=O) groups excluding carboxylic acids is 4. The maximum atomic E-state index is 12.7. The second-order valence-corrected chi connectivity index (χ2v) is 9.85. The van der Waals surface area contributed by atoms with Crippen LogP contribution in [0.2, 0.25) is 0 Å². The van der Waals surface area contributed by atoms with Crippen LogP contribution in [0.1, 0.15) is 41.2 Å². The van der Waals surface area contributed by atoms with Gasteiger partial charge in [-0.1, -0.05) is 24.3 Å². The fourth-order valence-corrected chi connectivity index (χ4v) is 5.59. The molecule has 3 atom stereocenters. The molecule has 12 heteroatoms. The third-order valence-electron chi connectivity index (χ3n) is 7.43. The predicted molar refractivity (Wildman–Crippen MR) is 141 cm³/mol. The van der Waals surface area contributed by atoms with Gasteiger partial charge in [0.25, 0.3) is 0 Å². The van der Waals surface area contributed by atoms with Gasteiger partial charge < -0.3 is 9.97 Å². The molecule has 10 bridgehead atoms. The molecule has 2 aliphatic heterocycles. The first-order chi connectivity index (χ1) is 19.4. The molecule has 2 N–H and O–H groups in total. The number of rotatable bonds is 1. The number of nitrogens with one attached hydrogen (secondary N) is 2. The molecule has 6 aliphatic rings. The second kappa shape index (κ2) is 7.99. The Bertz CT molecular complexity index is 2040. The predicted octanol–water partition coefficient (Wildman–Crippen LogP) is 2.11. The SMILES string of the molecule is O=C1CC=CC(c2cc3nc4ccc(nc5nc(nc6nc(nc2[nH]3)C=C6)C2=C5C3C=CC2C(=O)C3=O)[nH]4)C1=O. The number of H-pyrrole nitrogens is 2. The Hall–Kier alpha value is -5.52. The van der Waals surface area contributed by atoms with E-state index in [9.17, 15) is 19.2 Å². The van der Waals surface area contributed by atoms with Gasteiger partial charge in [-0.3, -0.25) is 19.2 Å². The van der Waals surface area contributed by atoms with Crippen LogP contribution in [-0.2, 0) is 19.2 Å². The first-order valence-electron chi connectivity index (χ1n) is 12.6. The minimum atomic E-state index is -0.794. The molecule has 0 saturated carbocycles. The topological polar surface area (TPSA) is 177 Å². The van der Waals surface area contributed by atoms with Crippen LogP contribution in [0.4, 0.5) is 0 Å². The van der Waals surface area contributed by atoms with Gasteiger partial charge in [-0.2, -0.15) is 0 Å². The smallest absolute Gasteiger partial charge is 0.210 e. The van der Waals surface area contributed by atoms with Gasteiger partial charge in [0.2, 0.25) is 23.1 Å². The van der Waals surface area contributed by atoms with Crippen LogP contribution in [0.5, 0.6) is 0 Å². The summed E-state index contributed by atoms with van der Waals surface area (Å²) in [5.41, 5.74) is 3.26. The summed E-state index contributed by atoms with van der Waals surface area (Å²) in [6, 6.07) is 5.11. The van der Waals surface area contributed by atoms with Crippen LogP contribution < -0.4 is 0 Å². The van der Waals surface area contributed by atoms with Gasteiger partial charge in [-0.05, 0) is 30.4 Å². The normalized spacial score (nSPS) is 22.9. The number of hydrogen-bond acceptors (Lipinski definition) is 10. The van der Waals surface area contributed by atoms with Gasteiger partial charge in [-0.15, -0.1) is 0 Å². The van der Waals surface area contributed by atoms with Crippen LogP contribution in [0, 0.1) is 11.8 Å². The van der Waals surface area contributed by atoms with Crippen LogP contribution in [0.25, 0.3) is 45.9 Å². The van der Waals surface area contributed by atoms with Crippen LogP contribution in [-0.4, -0.2) is 63.0 Å². The molecule has 3 aromatic rings. The Morgan fingerprint density at radius 2 is 1.30 bits per heavy atom. The Morgan fingerprint density at radius 1 is 0.625 bits per heavy atom. The maximum absolute atomic E-state index is 12.7. The van der Waals surface area contributed by atoms with Crippen LogP contribution in [0.3, 0.4) is 0 Å². The van der Waals surface area contributed by atoms with Gasteiger partial charge in [0.05, 0.1) is 17.8 Å². The van der Waals surface area contributed by atoms with E-state index in [0.717, 1.165) is 0 Å². The zero-order valence-electron chi connectivity index (χ0n) is 20.5. The summed E-state index contributed by atoms with van der Waals surface area (Å²) in [7, 11) is 0. The first-order valence-corrected chi connectivity index (χ1v) is 12.6. The highest BCUT2D eigenvalue weighted by Gasteiger charge is 2.48. The number of nitrogens with zero attached hydrogens (tertiary/aromatic N) is 6. The summed E-state index contributed by atoms with van der Waals surface area (Å²) in [4.78, 5) is 84.1. The lowest BCUT2D eigenvalue weighted by molar-refractivity contribution is -0.138. The van der Waals surface area contributed by atoms with E-state index in [1.54, 1.807) is 54.7 Å². The molecule has 5 heterocycles. The molecule has 0 radical (unpaired) electrons. The van der Waals surface area contributed by atoms with E-state index in [-0.39, 0.29) is 12.2 Å². The lowest BCUT2D eigenvalue weighted by atomic mass is 9.70. The van der Waals surface area contributed by atoms with Crippen molar-refractivity contribution in [2.75, 3.05) is 0 Å². The fourth-order valence-electron chi connectivity index (χ4n) is 5.59. The molecule has 9 rings (SSSR count). The van der Waals surface area contributed by atoms with E-state index < -0.39 is 40.9 Å². The number of ketones is 4. The minimum absolute atomic E-state index is 0.0751. The third-order valence-corrected chi connectivity index (χ3v) is 7.43. The van der Waals surface area contributed by atoms with Crippen molar-refractivity contribution < 1.29 is 19.2 Å². The number of Topliss-reactive ketones (excluding diaryl/α,β-unsaturated/α-hetero) is 4. The Balaban J connectivity index is 1.40. The highest BCUT2D eigenvalue weighted by Crippen LogP contribution is 2.47. The summed E-state index contributed by atoms with van der Waals surface area (Å²) >= 11 is 0. The minimum Gasteiger partial charge on any atom is -0.325 e. The van der Waals surface area contributed by atoms with E-state index in [0.29, 0.717) is 56.8 Å². The van der Waals surface area contributed by atoms with Crippen molar-refractivity contribution in [3.05, 3.63) is 71.4 Å². The third kappa shape index (κ3) is 3.25. The molecule has 12 nitrogen and oxygen atoms in total. The molecule has 0 spiro atoms. The molecular weight excluding hydrogens is 512 g/mol. The largest absolute Gasteiger partial charge is 0.325 e. The standard InChI is InChI=1S/C28H16N8O4/c37-15-3-1-2-11(23(15)38)14-10-20-31-16-6-7-18(29-16)33-27-21-12-4-5-13(25(40)24(12)39)22(21)28(36-27)34-19-9-8-17(30-19)32-26(14)35-20/h1-2,4-13H,3H2,(H2,29,30,31,32,33,34,35,36). The molecule has 4 aliphatic carbocycles. The van der Waals surface area contributed by atoms with E-state index in [1.807, 2.05) is 0 Å². The Kier molecular flexibility index (Phi) is 4.49. The van der Waals surface area contributed by atoms with Gasteiger partial charge in [0, 0.05) is 23.1 Å². The molecule has 3 unspecified atom stereocenters. The molecule has 0 fully saturated rings. The second-order valence-electron chi connectivity index (χ2n) is 9.85. The monoisotopic (exact) mass is 528 g/mol. The van der Waals surface area contributed by atoms with Crippen LogP contribution in [0.15, 0.2) is 42.5 Å². The van der Waals surface area contributed by atoms with Gasteiger partial charge in [0.15, 0.2) is 23.3 Å². The lowest BCUT2D eigenvalue weighted by Crippen LogP contribution is -2.38. The van der Waals surface area contributed by atoms with Gasteiger partial charge in [0.1, 0.15) is 22.6 Å². The molecule has 0 saturated heterocycles. The van der Waals surface area contributed by atoms with Crippen molar-refractivity contribution in [1.82, 2.24) is 39.9 Å². The summed E-state index contributed by atoms with van der Waals surface area (Å²) in [5.74, 6) is -3.13. The highest BCUT2D eigenvalue weighted by atomic mass is 16.2. The maximum Gasteiger partial charge on any atom is 0.210 e. The number of aromatic nitrogens is 8. The molecule has 3 aromatic heterocycles. The van der Waals surface area contributed by atoms with Crippen molar-refractivity contribution in [3.63, 3.8) is 0 Å². The molecule has 0 aromatic carbocycles. The molecular formula is C28H16N8O4. The molecule has 0 amide bonds. The fraction of sp³-hybridized carbons (Fsp3) is 0.143. The Morgan fingerprint density at radius 3 is 2.05 bits per heavy atom. The number of hydrogen-bond donors (Lipinski definition) is 2. The van der Waals surface area contributed by atoms with E-state index in [4.69, 9.17) is 0 Å². The number of allylic oxidation sites excluding steroid dienone is 6. The average molecular weight is 528 g/mol.